The molecule has 1 saturated heterocycles. The van der Waals surface area contributed by atoms with Gasteiger partial charge in [-0.15, -0.1) is 0 Å². The van der Waals surface area contributed by atoms with Crippen molar-refractivity contribution in [1.82, 2.24) is 10.7 Å². The van der Waals surface area contributed by atoms with E-state index in [-0.39, 0.29) is 28.9 Å². The molecule has 2 aliphatic heterocycles. The summed E-state index contributed by atoms with van der Waals surface area (Å²) in [6.45, 7) is 2.06. The molecule has 0 saturated carbocycles. The highest BCUT2D eigenvalue weighted by Gasteiger charge is 2.25. The summed E-state index contributed by atoms with van der Waals surface area (Å²) in [5.74, 6) is -0.0190. The largest absolute Gasteiger partial charge is 0.493 e. The summed E-state index contributed by atoms with van der Waals surface area (Å²) < 4.78 is 24.8. The third-order valence-electron chi connectivity index (χ3n) is 4.34. The summed E-state index contributed by atoms with van der Waals surface area (Å²) in [4.78, 5) is 11.9. The van der Waals surface area contributed by atoms with Crippen LogP contribution >= 0.6 is 11.6 Å². The fourth-order valence-corrected chi connectivity index (χ4v) is 2.90. The highest BCUT2D eigenvalue weighted by Crippen LogP contribution is 2.23. The molecular weight excluding hydrogens is 349 g/mol. The van der Waals surface area contributed by atoms with Crippen LogP contribution in [-0.2, 0) is 9.53 Å². The predicted molar refractivity (Wildman–Crippen MR) is 92.4 cm³/mol. The quantitative estimate of drug-likeness (QED) is 0.804. The van der Waals surface area contributed by atoms with Gasteiger partial charge in [0.15, 0.2) is 0 Å². The SMILES string of the molecule is O=C(NC[C@H]1CC[C@@H](COc2ccc(Cl)c(F)c2)CO1)C1C=NNC1. The number of hydrogen-bond donors (Lipinski definition) is 2. The van der Waals surface area contributed by atoms with E-state index in [2.05, 4.69) is 15.8 Å². The van der Waals surface area contributed by atoms with E-state index in [4.69, 9.17) is 21.1 Å². The second-order valence-corrected chi connectivity index (χ2v) is 6.68. The van der Waals surface area contributed by atoms with E-state index in [0.29, 0.717) is 32.1 Å². The van der Waals surface area contributed by atoms with E-state index >= 15 is 0 Å². The number of amides is 1. The van der Waals surface area contributed by atoms with Crippen molar-refractivity contribution in [3.05, 3.63) is 29.0 Å². The summed E-state index contributed by atoms with van der Waals surface area (Å²) in [6, 6.07) is 4.41. The maximum absolute atomic E-state index is 13.4. The van der Waals surface area contributed by atoms with Crippen molar-refractivity contribution in [2.45, 2.75) is 18.9 Å². The Hall–Kier alpha value is -1.86. The normalized spacial score (nSPS) is 25.4. The zero-order chi connectivity index (χ0) is 17.6. The minimum Gasteiger partial charge on any atom is -0.493 e. The van der Waals surface area contributed by atoms with Gasteiger partial charge >= 0.3 is 0 Å². The molecular formula is C17H21ClFN3O3. The molecule has 25 heavy (non-hydrogen) atoms. The Kier molecular flexibility index (Phi) is 6.09. The third-order valence-corrected chi connectivity index (χ3v) is 4.65. The van der Waals surface area contributed by atoms with Gasteiger partial charge in [-0.25, -0.2) is 4.39 Å². The third kappa shape index (κ3) is 5.06. The number of rotatable bonds is 6. The molecule has 3 rings (SSSR count). The van der Waals surface area contributed by atoms with Gasteiger partial charge in [0, 0.05) is 31.3 Å². The summed E-state index contributed by atoms with van der Waals surface area (Å²) in [5, 5.41) is 6.81. The lowest BCUT2D eigenvalue weighted by molar-refractivity contribution is -0.123. The Morgan fingerprint density at radius 3 is 3.04 bits per heavy atom. The molecule has 0 aromatic heterocycles. The molecule has 0 aliphatic carbocycles. The average Bonchev–Trinajstić information content (AvgIpc) is 3.16. The lowest BCUT2D eigenvalue weighted by Crippen LogP contribution is -2.41. The van der Waals surface area contributed by atoms with Gasteiger partial charge in [0.1, 0.15) is 11.6 Å². The first-order valence-electron chi connectivity index (χ1n) is 8.35. The Morgan fingerprint density at radius 2 is 2.36 bits per heavy atom. The molecule has 0 spiro atoms. The zero-order valence-electron chi connectivity index (χ0n) is 13.7. The number of hydrazone groups is 1. The molecule has 1 fully saturated rings. The topological polar surface area (TPSA) is 72.0 Å². The van der Waals surface area contributed by atoms with Crippen molar-refractivity contribution in [1.29, 1.82) is 0 Å². The summed E-state index contributed by atoms with van der Waals surface area (Å²) in [5.41, 5.74) is 2.76. The van der Waals surface area contributed by atoms with Crippen LogP contribution in [0.2, 0.25) is 5.02 Å². The summed E-state index contributed by atoms with van der Waals surface area (Å²) in [6.07, 6.45) is 3.41. The van der Waals surface area contributed by atoms with Crippen LogP contribution in [0.5, 0.6) is 5.75 Å². The molecule has 1 aromatic rings. The van der Waals surface area contributed by atoms with Crippen molar-refractivity contribution < 1.29 is 18.7 Å². The van der Waals surface area contributed by atoms with E-state index in [1.54, 1.807) is 12.3 Å². The van der Waals surface area contributed by atoms with Crippen molar-refractivity contribution in [2.75, 3.05) is 26.3 Å². The molecule has 1 aromatic carbocycles. The highest BCUT2D eigenvalue weighted by molar-refractivity contribution is 6.30. The van der Waals surface area contributed by atoms with Gasteiger partial charge < -0.3 is 20.2 Å². The standard InChI is InChI=1S/C17H21ClFN3O3/c18-15-4-3-13(5-16(15)19)24-9-11-1-2-14(25-10-11)8-20-17(23)12-6-21-22-7-12/h3-6,11-12,14,22H,1-2,7-10H2,(H,20,23)/t11-,12?,14+/m0/s1. The Balaban J connectivity index is 1.34. The van der Waals surface area contributed by atoms with Gasteiger partial charge in [0.25, 0.3) is 0 Å². The molecule has 2 N–H and O–H groups in total. The average molecular weight is 370 g/mol. The van der Waals surface area contributed by atoms with Crippen LogP contribution in [-0.4, -0.2) is 44.5 Å². The number of hydrogen-bond acceptors (Lipinski definition) is 5. The van der Waals surface area contributed by atoms with Crippen LogP contribution in [0, 0.1) is 17.7 Å². The second kappa shape index (κ2) is 8.49. The molecule has 8 heteroatoms. The van der Waals surface area contributed by atoms with Crippen LogP contribution in [0.15, 0.2) is 23.3 Å². The van der Waals surface area contributed by atoms with Gasteiger partial charge in [0.05, 0.1) is 30.3 Å². The number of carbonyl (C=O) groups is 1. The predicted octanol–water partition coefficient (Wildman–Crippen LogP) is 1.97. The molecule has 2 aliphatic rings. The smallest absolute Gasteiger partial charge is 0.230 e. The van der Waals surface area contributed by atoms with E-state index < -0.39 is 5.82 Å². The van der Waals surface area contributed by atoms with E-state index in [9.17, 15) is 9.18 Å². The minimum atomic E-state index is -0.489. The van der Waals surface area contributed by atoms with Gasteiger partial charge in [-0.05, 0) is 25.0 Å². The maximum Gasteiger partial charge on any atom is 0.230 e. The van der Waals surface area contributed by atoms with Gasteiger partial charge in [-0.1, -0.05) is 11.6 Å². The minimum absolute atomic E-state index is 0.0134. The molecule has 6 nitrogen and oxygen atoms in total. The van der Waals surface area contributed by atoms with Crippen LogP contribution in [0.3, 0.4) is 0 Å². The number of halogens is 2. The molecule has 1 amide bonds. The fraction of sp³-hybridized carbons (Fsp3) is 0.529. The lowest BCUT2D eigenvalue weighted by atomic mass is 9.99. The van der Waals surface area contributed by atoms with E-state index in [0.717, 1.165) is 12.8 Å². The lowest BCUT2D eigenvalue weighted by Gasteiger charge is -2.29. The van der Waals surface area contributed by atoms with Crippen molar-refractivity contribution in [3.63, 3.8) is 0 Å². The number of benzene rings is 1. The molecule has 0 bridgehead atoms. The molecule has 1 unspecified atom stereocenters. The van der Waals surface area contributed by atoms with Crippen LogP contribution < -0.4 is 15.5 Å². The molecule has 0 radical (unpaired) electrons. The van der Waals surface area contributed by atoms with Crippen LogP contribution in [0.4, 0.5) is 4.39 Å². The summed E-state index contributed by atoms with van der Waals surface area (Å²) >= 11 is 5.65. The highest BCUT2D eigenvalue weighted by atomic mass is 35.5. The van der Waals surface area contributed by atoms with Crippen LogP contribution in [0.25, 0.3) is 0 Å². The Labute approximate surface area is 150 Å². The number of nitrogens with one attached hydrogen (secondary N) is 2. The second-order valence-electron chi connectivity index (χ2n) is 6.28. The van der Waals surface area contributed by atoms with Crippen molar-refractivity contribution >= 4 is 23.7 Å². The monoisotopic (exact) mass is 369 g/mol. The first-order valence-corrected chi connectivity index (χ1v) is 8.73. The first-order chi connectivity index (χ1) is 12.1. The van der Waals surface area contributed by atoms with Gasteiger partial charge in [-0.3, -0.25) is 4.79 Å². The maximum atomic E-state index is 13.4. The van der Waals surface area contributed by atoms with Gasteiger partial charge in [0.2, 0.25) is 5.91 Å². The number of carbonyl (C=O) groups excluding carboxylic acids is 1. The Morgan fingerprint density at radius 1 is 1.48 bits per heavy atom. The molecule has 136 valence electrons. The molecule has 2 heterocycles. The van der Waals surface area contributed by atoms with E-state index in [1.165, 1.54) is 12.1 Å². The number of nitrogens with zero attached hydrogens (tertiary/aromatic N) is 1. The number of ether oxygens (including phenoxy) is 2. The van der Waals surface area contributed by atoms with Gasteiger partial charge in [-0.2, -0.15) is 5.10 Å². The molecule has 3 atom stereocenters. The van der Waals surface area contributed by atoms with Crippen molar-refractivity contribution in [2.24, 2.45) is 16.9 Å². The van der Waals surface area contributed by atoms with Crippen LogP contribution in [0.1, 0.15) is 12.8 Å². The zero-order valence-corrected chi connectivity index (χ0v) is 14.5. The fourth-order valence-electron chi connectivity index (χ4n) is 2.79. The summed E-state index contributed by atoms with van der Waals surface area (Å²) in [7, 11) is 0. The first kappa shape index (κ1) is 17.9. The Bertz CT molecular complexity index is 636. The van der Waals surface area contributed by atoms with Crippen molar-refractivity contribution in [3.8, 4) is 5.75 Å². The van der Waals surface area contributed by atoms with E-state index in [1.807, 2.05) is 0 Å².